The van der Waals surface area contributed by atoms with Crippen molar-refractivity contribution < 1.29 is 4.42 Å². The molecule has 1 aromatic heterocycles. The zero-order valence-electron chi connectivity index (χ0n) is 9.53. The largest absolute Gasteiger partial charge is 0.423 e. The van der Waals surface area contributed by atoms with E-state index in [1.54, 1.807) is 0 Å². The zero-order chi connectivity index (χ0) is 11.5. The minimum Gasteiger partial charge on any atom is -0.423 e. The van der Waals surface area contributed by atoms with E-state index in [4.69, 9.17) is 10.2 Å². The molecule has 0 amide bonds. The highest BCUT2D eigenvalue weighted by Crippen LogP contribution is 2.29. The van der Waals surface area contributed by atoms with Gasteiger partial charge in [-0.15, -0.1) is 10.2 Å². The molecule has 0 atom stereocenters. The molecule has 1 aromatic carbocycles. The van der Waals surface area contributed by atoms with Crippen molar-refractivity contribution in [1.82, 2.24) is 10.2 Å². The molecule has 0 saturated heterocycles. The van der Waals surface area contributed by atoms with Gasteiger partial charge in [0, 0.05) is 11.3 Å². The van der Waals surface area contributed by atoms with E-state index in [2.05, 4.69) is 24.0 Å². The van der Waals surface area contributed by atoms with Crippen molar-refractivity contribution in [2.24, 2.45) is 0 Å². The third-order valence-electron chi connectivity index (χ3n) is 2.76. The van der Waals surface area contributed by atoms with Crippen molar-refractivity contribution in [2.75, 3.05) is 5.73 Å². The Labute approximate surface area is 94.5 Å². The van der Waals surface area contributed by atoms with Gasteiger partial charge in [-0.25, -0.2) is 0 Å². The lowest BCUT2D eigenvalue weighted by atomic mass is 9.95. The Kier molecular flexibility index (Phi) is 2.90. The molecule has 0 saturated carbocycles. The standard InChI is InChI=1S/C12H15N3O/c1-3-8-9(4-2)11(13)6-5-10(8)12-15-14-7-16-12/h5-7H,3-4,13H2,1-2H3. The van der Waals surface area contributed by atoms with Crippen molar-refractivity contribution in [1.29, 1.82) is 0 Å². The second kappa shape index (κ2) is 4.35. The molecule has 0 unspecified atom stereocenters. The summed E-state index contributed by atoms with van der Waals surface area (Å²) in [5, 5.41) is 7.65. The summed E-state index contributed by atoms with van der Waals surface area (Å²) in [6, 6.07) is 3.85. The number of benzene rings is 1. The van der Waals surface area contributed by atoms with Gasteiger partial charge in [0.15, 0.2) is 0 Å². The minimum atomic E-state index is 0.562. The van der Waals surface area contributed by atoms with Crippen LogP contribution in [0.25, 0.3) is 11.5 Å². The zero-order valence-corrected chi connectivity index (χ0v) is 9.53. The molecule has 84 valence electrons. The van der Waals surface area contributed by atoms with Crippen LogP contribution in [0.2, 0.25) is 0 Å². The van der Waals surface area contributed by atoms with E-state index in [1.165, 1.54) is 17.5 Å². The molecule has 2 rings (SSSR count). The van der Waals surface area contributed by atoms with E-state index < -0.39 is 0 Å². The van der Waals surface area contributed by atoms with Crippen molar-refractivity contribution in [3.63, 3.8) is 0 Å². The fourth-order valence-corrected chi connectivity index (χ4v) is 2.02. The normalized spacial score (nSPS) is 10.6. The van der Waals surface area contributed by atoms with Crippen LogP contribution in [0.1, 0.15) is 25.0 Å². The molecular weight excluding hydrogens is 202 g/mol. The second-order valence-corrected chi connectivity index (χ2v) is 3.61. The van der Waals surface area contributed by atoms with Gasteiger partial charge in [0.2, 0.25) is 12.3 Å². The third-order valence-corrected chi connectivity index (χ3v) is 2.76. The lowest BCUT2D eigenvalue weighted by Gasteiger charge is -2.12. The van der Waals surface area contributed by atoms with Gasteiger partial charge in [-0.2, -0.15) is 0 Å². The molecule has 4 heteroatoms. The van der Waals surface area contributed by atoms with Crippen molar-refractivity contribution in [3.8, 4) is 11.5 Å². The van der Waals surface area contributed by atoms with Crippen LogP contribution in [-0.2, 0) is 12.8 Å². The SMILES string of the molecule is CCc1c(N)ccc(-c2nnco2)c1CC. The molecule has 2 aromatic rings. The molecule has 16 heavy (non-hydrogen) atoms. The molecule has 1 heterocycles. The molecule has 2 N–H and O–H groups in total. The van der Waals surface area contributed by atoms with Crippen LogP contribution in [0.15, 0.2) is 22.9 Å². The maximum atomic E-state index is 5.96. The molecule has 0 bridgehead atoms. The van der Waals surface area contributed by atoms with Gasteiger partial charge in [0.25, 0.3) is 0 Å². The summed E-state index contributed by atoms with van der Waals surface area (Å²) in [5.74, 6) is 0.562. The molecule has 0 spiro atoms. The van der Waals surface area contributed by atoms with Gasteiger partial charge < -0.3 is 10.2 Å². The first-order valence-electron chi connectivity index (χ1n) is 5.44. The number of nitrogens with two attached hydrogens (primary N) is 1. The van der Waals surface area contributed by atoms with E-state index >= 15 is 0 Å². The van der Waals surface area contributed by atoms with Gasteiger partial charge in [-0.1, -0.05) is 13.8 Å². The minimum absolute atomic E-state index is 0.562. The predicted octanol–water partition coefficient (Wildman–Crippen LogP) is 2.44. The van der Waals surface area contributed by atoms with Crippen molar-refractivity contribution >= 4 is 5.69 Å². The van der Waals surface area contributed by atoms with E-state index in [0.717, 1.165) is 24.1 Å². The lowest BCUT2D eigenvalue weighted by molar-refractivity contribution is 0.568. The monoisotopic (exact) mass is 217 g/mol. The summed E-state index contributed by atoms with van der Waals surface area (Å²) in [7, 11) is 0. The predicted molar refractivity (Wildman–Crippen MR) is 62.9 cm³/mol. The van der Waals surface area contributed by atoms with Crippen LogP contribution >= 0.6 is 0 Å². The summed E-state index contributed by atoms with van der Waals surface area (Å²) in [4.78, 5) is 0. The molecule has 0 fully saturated rings. The highest BCUT2D eigenvalue weighted by Gasteiger charge is 2.13. The van der Waals surface area contributed by atoms with Gasteiger partial charge in [-0.3, -0.25) is 0 Å². The summed E-state index contributed by atoms with van der Waals surface area (Å²) in [6.45, 7) is 4.20. The van der Waals surface area contributed by atoms with Crippen molar-refractivity contribution in [3.05, 3.63) is 29.7 Å². The Hall–Kier alpha value is -1.84. The maximum absolute atomic E-state index is 5.96. The van der Waals surface area contributed by atoms with E-state index in [0.29, 0.717) is 5.89 Å². The van der Waals surface area contributed by atoms with Gasteiger partial charge in [0.1, 0.15) is 0 Å². The highest BCUT2D eigenvalue weighted by atomic mass is 16.4. The Morgan fingerprint density at radius 1 is 1.19 bits per heavy atom. The molecule has 0 aliphatic heterocycles. The molecule has 0 aliphatic rings. The third kappa shape index (κ3) is 1.66. The molecule has 4 nitrogen and oxygen atoms in total. The number of hydrogen-bond donors (Lipinski definition) is 1. The average molecular weight is 217 g/mol. The number of rotatable bonds is 3. The molecular formula is C12H15N3O. The van der Waals surface area contributed by atoms with Gasteiger partial charge in [0.05, 0.1) is 0 Å². The summed E-state index contributed by atoms with van der Waals surface area (Å²) < 4.78 is 5.24. The first-order chi connectivity index (χ1) is 7.77. The first kappa shape index (κ1) is 10.7. The van der Waals surface area contributed by atoms with Crippen LogP contribution in [-0.4, -0.2) is 10.2 Å². The van der Waals surface area contributed by atoms with Crippen LogP contribution in [0.4, 0.5) is 5.69 Å². The highest BCUT2D eigenvalue weighted by molar-refractivity contribution is 5.67. The van der Waals surface area contributed by atoms with E-state index in [-0.39, 0.29) is 0 Å². The smallest absolute Gasteiger partial charge is 0.247 e. The topological polar surface area (TPSA) is 64.9 Å². The maximum Gasteiger partial charge on any atom is 0.247 e. The Morgan fingerprint density at radius 3 is 2.50 bits per heavy atom. The van der Waals surface area contributed by atoms with Crippen LogP contribution in [0.3, 0.4) is 0 Å². The lowest BCUT2D eigenvalue weighted by Crippen LogP contribution is -2.01. The molecule has 0 aliphatic carbocycles. The molecule has 0 radical (unpaired) electrons. The second-order valence-electron chi connectivity index (χ2n) is 3.61. The van der Waals surface area contributed by atoms with E-state index in [1.807, 2.05) is 12.1 Å². The van der Waals surface area contributed by atoms with Gasteiger partial charge in [-0.05, 0) is 36.1 Å². The van der Waals surface area contributed by atoms with Gasteiger partial charge >= 0.3 is 0 Å². The van der Waals surface area contributed by atoms with Crippen LogP contribution < -0.4 is 5.73 Å². The average Bonchev–Trinajstić information content (AvgIpc) is 2.81. The van der Waals surface area contributed by atoms with Crippen LogP contribution in [0.5, 0.6) is 0 Å². The number of anilines is 1. The quantitative estimate of drug-likeness (QED) is 0.802. The fourth-order valence-electron chi connectivity index (χ4n) is 2.02. The summed E-state index contributed by atoms with van der Waals surface area (Å²) in [5.41, 5.74) is 10.2. The summed E-state index contributed by atoms with van der Waals surface area (Å²) >= 11 is 0. The Balaban J connectivity index is 2.62. The Bertz CT molecular complexity index is 477. The number of aromatic nitrogens is 2. The first-order valence-corrected chi connectivity index (χ1v) is 5.44. The van der Waals surface area contributed by atoms with Crippen LogP contribution in [0, 0.1) is 0 Å². The number of hydrogen-bond acceptors (Lipinski definition) is 4. The Morgan fingerprint density at radius 2 is 1.94 bits per heavy atom. The van der Waals surface area contributed by atoms with E-state index in [9.17, 15) is 0 Å². The fraction of sp³-hybridized carbons (Fsp3) is 0.333. The number of nitrogens with zero attached hydrogens (tertiary/aromatic N) is 2. The van der Waals surface area contributed by atoms with Crippen molar-refractivity contribution in [2.45, 2.75) is 26.7 Å². The summed E-state index contributed by atoms with van der Waals surface area (Å²) in [6.07, 6.45) is 3.17. The number of nitrogen functional groups attached to an aromatic ring is 1.